The van der Waals surface area contributed by atoms with Crippen LogP contribution in [0.15, 0.2) is 42.5 Å². The van der Waals surface area contributed by atoms with Crippen molar-refractivity contribution in [2.75, 3.05) is 20.2 Å². The predicted molar refractivity (Wildman–Crippen MR) is 95.1 cm³/mol. The Morgan fingerprint density at radius 3 is 2.42 bits per heavy atom. The van der Waals surface area contributed by atoms with Gasteiger partial charge in [0, 0.05) is 31.2 Å². The number of hydrogen-bond donors (Lipinski definition) is 1. The average Bonchev–Trinajstić information content (AvgIpc) is 2.66. The van der Waals surface area contributed by atoms with Crippen molar-refractivity contribution in [3.05, 3.63) is 65.2 Å². The highest BCUT2D eigenvalue weighted by atomic mass is 19.2. The Kier molecular flexibility index (Phi) is 5.83. The summed E-state index contributed by atoms with van der Waals surface area (Å²) in [6.07, 6.45) is 1.65. The highest BCUT2D eigenvalue weighted by molar-refractivity contribution is 5.94. The largest absolute Gasteiger partial charge is 0.497 e. The van der Waals surface area contributed by atoms with Crippen LogP contribution < -0.4 is 10.1 Å². The number of benzene rings is 2. The number of methoxy groups -OCH3 is 1. The lowest BCUT2D eigenvalue weighted by Gasteiger charge is -2.32. The van der Waals surface area contributed by atoms with Gasteiger partial charge in [-0.25, -0.2) is 8.78 Å². The summed E-state index contributed by atoms with van der Waals surface area (Å²) >= 11 is 0. The van der Waals surface area contributed by atoms with E-state index in [-0.39, 0.29) is 11.9 Å². The molecule has 1 amide bonds. The third kappa shape index (κ3) is 4.58. The number of halogens is 2. The monoisotopic (exact) mass is 360 g/mol. The van der Waals surface area contributed by atoms with E-state index in [1.54, 1.807) is 37.4 Å². The van der Waals surface area contributed by atoms with Crippen LogP contribution in [0.1, 0.15) is 28.8 Å². The Morgan fingerprint density at radius 2 is 1.81 bits per heavy atom. The zero-order valence-corrected chi connectivity index (χ0v) is 14.7. The Balaban J connectivity index is 1.48. The van der Waals surface area contributed by atoms with Gasteiger partial charge in [-0.2, -0.15) is 0 Å². The Morgan fingerprint density at radius 1 is 1.12 bits per heavy atom. The first-order valence-electron chi connectivity index (χ1n) is 8.66. The van der Waals surface area contributed by atoms with Gasteiger partial charge < -0.3 is 10.1 Å². The summed E-state index contributed by atoms with van der Waals surface area (Å²) in [5.41, 5.74) is 1.36. The molecule has 0 spiro atoms. The molecule has 26 heavy (non-hydrogen) atoms. The number of rotatable bonds is 5. The van der Waals surface area contributed by atoms with E-state index in [0.717, 1.165) is 37.6 Å². The molecule has 1 N–H and O–H groups in total. The molecular weight excluding hydrogens is 338 g/mol. The molecule has 138 valence electrons. The van der Waals surface area contributed by atoms with Gasteiger partial charge in [0.2, 0.25) is 0 Å². The Bertz CT molecular complexity index is 757. The van der Waals surface area contributed by atoms with E-state index >= 15 is 0 Å². The van der Waals surface area contributed by atoms with Crippen LogP contribution in [0.3, 0.4) is 0 Å². The first-order chi connectivity index (χ1) is 12.5. The molecule has 0 aliphatic carbocycles. The summed E-state index contributed by atoms with van der Waals surface area (Å²) in [4.78, 5) is 14.5. The molecule has 0 radical (unpaired) electrons. The first-order valence-corrected chi connectivity index (χ1v) is 8.66. The van der Waals surface area contributed by atoms with E-state index in [1.165, 1.54) is 6.07 Å². The number of hydrogen-bond acceptors (Lipinski definition) is 3. The SMILES string of the molecule is COc1ccc(C(=O)NC2CCN(Cc3ccc(F)c(F)c3)CC2)cc1. The lowest BCUT2D eigenvalue weighted by atomic mass is 10.0. The van der Waals surface area contributed by atoms with Crippen LogP contribution in [0.5, 0.6) is 5.75 Å². The molecule has 0 unspecified atom stereocenters. The second kappa shape index (κ2) is 8.27. The second-order valence-corrected chi connectivity index (χ2v) is 6.50. The maximum absolute atomic E-state index is 13.3. The Hall–Kier alpha value is -2.47. The van der Waals surface area contributed by atoms with Crippen molar-refractivity contribution >= 4 is 5.91 Å². The van der Waals surface area contributed by atoms with Crippen LogP contribution in [0.25, 0.3) is 0 Å². The summed E-state index contributed by atoms with van der Waals surface area (Å²) < 4.78 is 31.4. The summed E-state index contributed by atoms with van der Waals surface area (Å²) in [5.74, 6) is -1.02. The van der Waals surface area contributed by atoms with E-state index in [2.05, 4.69) is 10.2 Å². The summed E-state index contributed by atoms with van der Waals surface area (Å²) in [7, 11) is 1.59. The molecule has 0 saturated carbocycles. The van der Waals surface area contributed by atoms with Crippen LogP contribution in [0.2, 0.25) is 0 Å². The molecule has 0 bridgehead atoms. The van der Waals surface area contributed by atoms with Crippen molar-refractivity contribution in [1.29, 1.82) is 0 Å². The highest BCUT2D eigenvalue weighted by Crippen LogP contribution is 2.17. The minimum absolute atomic E-state index is 0.0910. The number of nitrogens with one attached hydrogen (secondary N) is 1. The smallest absolute Gasteiger partial charge is 0.251 e. The number of carbonyl (C=O) groups is 1. The van der Waals surface area contributed by atoms with E-state index in [0.29, 0.717) is 17.9 Å². The van der Waals surface area contributed by atoms with Gasteiger partial charge in [0.1, 0.15) is 5.75 Å². The van der Waals surface area contributed by atoms with Gasteiger partial charge in [0.15, 0.2) is 11.6 Å². The van der Waals surface area contributed by atoms with Crippen molar-refractivity contribution in [3.8, 4) is 5.75 Å². The van der Waals surface area contributed by atoms with Crippen molar-refractivity contribution in [2.24, 2.45) is 0 Å². The fourth-order valence-electron chi connectivity index (χ4n) is 3.14. The molecule has 0 atom stereocenters. The fourth-order valence-corrected chi connectivity index (χ4v) is 3.14. The zero-order valence-electron chi connectivity index (χ0n) is 14.7. The third-order valence-electron chi connectivity index (χ3n) is 4.67. The normalized spacial score (nSPS) is 15.7. The molecule has 2 aromatic rings. The van der Waals surface area contributed by atoms with Crippen molar-refractivity contribution in [1.82, 2.24) is 10.2 Å². The van der Waals surface area contributed by atoms with Gasteiger partial charge in [0.05, 0.1) is 7.11 Å². The first kappa shape index (κ1) is 18.3. The topological polar surface area (TPSA) is 41.6 Å². The molecule has 1 heterocycles. The minimum Gasteiger partial charge on any atom is -0.497 e. The van der Waals surface area contributed by atoms with E-state index < -0.39 is 11.6 Å². The van der Waals surface area contributed by atoms with Crippen molar-refractivity contribution < 1.29 is 18.3 Å². The van der Waals surface area contributed by atoms with E-state index in [4.69, 9.17) is 4.74 Å². The number of amides is 1. The fraction of sp³-hybridized carbons (Fsp3) is 0.350. The standard InChI is InChI=1S/C20H22F2N2O2/c1-26-17-5-3-15(4-6-17)20(25)23-16-8-10-24(11-9-16)13-14-2-7-18(21)19(22)12-14/h2-7,12,16H,8-11,13H2,1H3,(H,23,25). The number of carbonyl (C=O) groups excluding carboxylic acids is 1. The van der Waals surface area contributed by atoms with Crippen LogP contribution >= 0.6 is 0 Å². The average molecular weight is 360 g/mol. The summed E-state index contributed by atoms with van der Waals surface area (Å²) in [6, 6.07) is 11.1. The molecule has 3 rings (SSSR count). The van der Waals surface area contributed by atoms with Crippen molar-refractivity contribution in [3.63, 3.8) is 0 Å². The van der Waals surface area contributed by atoms with Gasteiger partial charge in [-0.05, 0) is 54.8 Å². The van der Waals surface area contributed by atoms with Crippen LogP contribution in [0.4, 0.5) is 8.78 Å². The molecule has 1 aliphatic rings. The van der Waals surface area contributed by atoms with E-state index in [1.807, 2.05) is 0 Å². The zero-order chi connectivity index (χ0) is 18.5. The minimum atomic E-state index is -0.825. The van der Waals surface area contributed by atoms with Gasteiger partial charge in [-0.15, -0.1) is 0 Å². The quantitative estimate of drug-likeness (QED) is 0.889. The highest BCUT2D eigenvalue weighted by Gasteiger charge is 2.21. The molecule has 0 aromatic heterocycles. The molecule has 2 aromatic carbocycles. The summed E-state index contributed by atoms with van der Waals surface area (Å²) in [5, 5.41) is 3.06. The predicted octanol–water partition coefficient (Wildman–Crippen LogP) is 3.37. The lowest BCUT2D eigenvalue weighted by Crippen LogP contribution is -2.44. The number of likely N-dealkylation sites (tertiary alicyclic amines) is 1. The number of nitrogens with zero attached hydrogens (tertiary/aromatic N) is 1. The molecule has 1 aliphatic heterocycles. The maximum atomic E-state index is 13.3. The second-order valence-electron chi connectivity index (χ2n) is 6.50. The van der Waals surface area contributed by atoms with Gasteiger partial charge in [0.25, 0.3) is 5.91 Å². The van der Waals surface area contributed by atoms with E-state index in [9.17, 15) is 13.6 Å². The van der Waals surface area contributed by atoms with Gasteiger partial charge in [-0.3, -0.25) is 9.69 Å². The number of ether oxygens (including phenoxy) is 1. The molecule has 4 nitrogen and oxygen atoms in total. The summed E-state index contributed by atoms with van der Waals surface area (Å²) in [6.45, 7) is 2.18. The molecule has 1 saturated heterocycles. The van der Waals surface area contributed by atoms with Crippen LogP contribution in [-0.2, 0) is 6.54 Å². The molecule has 1 fully saturated rings. The third-order valence-corrected chi connectivity index (χ3v) is 4.67. The van der Waals surface area contributed by atoms with Crippen molar-refractivity contribution in [2.45, 2.75) is 25.4 Å². The molecular formula is C20H22F2N2O2. The van der Waals surface area contributed by atoms with Gasteiger partial charge in [-0.1, -0.05) is 6.07 Å². The van der Waals surface area contributed by atoms with Crippen LogP contribution in [0, 0.1) is 11.6 Å². The Labute approximate surface area is 151 Å². The molecule has 6 heteroatoms. The number of piperidine rings is 1. The van der Waals surface area contributed by atoms with Gasteiger partial charge >= 0.3 is 0 Å². The van der Waals surface area contributed by atoms with Crippen LogP contribution in [-0.4, -0.2) is 37.0 Å². The lowest BCUT2D eigenvalue weighted by molar-refractivity contribution is 0.0909. The maximum Gasteiger partial charge on any atom is 0.251 e.